The van der Waals surface area contributed by atoms with E-state index in [-0.39, 0.29) is 52.2 Å². The number of hydrogen-bond donors (Lipinski definition) is 8. The standard InChI is InChI=1S/C26H30O12/c1-26(2,35)8-7-13-15(36-25-22(34)20(32)18(30)16(10-27)37-25)9-14(29)17-19(31)21(33)23(38-24(13)17)11-3-5-12(28)6-4-11/h3-6,9,16,18,20,22,25,27-30,32-35H,7-8,10H2,1-2H3/t16-,18-,20+,22-,25+/m1/s1. The van der Waals surface area contributed by atoms with E-state index in [1.807, 2.05) is 0 Å². The van der Waals surface area contributed by atoms with E-state index in [4.69, 9.17) is 13.9 Å². The molecule has 1 aliphatic rings. The van der Waals surface area contributed by atoms with Crippen molar-refractivity contribution in [3.63, 3.8) is 0 Å². The van der Waals surface area contributed by atoms with Gasteiger partial charge in [-0.05, 0) is 51.0 Å². The number of benzene rings is 2. The van der Waals surface area contributed by atoms with Gasteiger partial charge in [0.2, 0.25) is 17.5 Å². The number of aliphatic hydroxyl groups is 5. The molecule has 206 valence electrons. The molecule has 12 nitrogen and oxygen atoms in total. The molecule has 0 bridgehead atoms. The van der Waals surface area contributed by atoms with Gasteiger partial charge in [-0.15, -0.1) is 0 Å². The molecule has 2 aromatic carbocycles. The first kappa shape index (κ1) is 27.6. The van der Waals surface area contributed by atoms with Gasteiger partial charge >= 0.3 is 0 Å². The first-order valence-electron chi connectivity index (χ1n) is 11.9. The van der Waals surface area contributed by atoms with Gasteiger partial charge in [-0.3, -0.25) is 4.79 Å². The van der Waals surface area contributed by atoms with Crippen LogP contribution in [0.2, 0.25) is 0 Å². The lowest BCUT2D eigenvalue weighted by Crippen LogP contribution is -2.60. The fourth-order valence-electron chi connectivity index (χ4n) is 4.24. The molecule has 5 atom stereocenters. The van der Waals surface area contributed by atoms with Crippen molar-refractivity contribution in [3.05, 3.63) is 46.1 Å². The summed E-state index contributed by atoms with van der Waals surface area (Å²) in [5.41, 5.74) is -1.90. The molecule has 0 unspecified atom stereocenters. The molecule has 0 amide bonds. The molecule has 0 aliphatic carbocycles. The molecule has 1 saturated heterocycles. The van der Waals surface area contributed by atoms with E-state index < -0.39 is 59.8 Å². The van der Waals surface area contributed by atoms with E-state index in [1.54, 1.807) is 13.8 Å². The monoisotopic (exact) mass is 534 g/mol. The van der Waals surface area contributed by atoms with Crippen LogP contribution in [0, 0.1) is 0 Å². The van der Waals surface area contributed by atoms with Gasteiger partial charge in [-0.1, -0.05) is 0 Å². The second-order valence-corrected chi connectivity index (χ2v) is 9.86. The number of fused-ring (bicyclic) bond motifs is 1. The van der Waals surface area contributed by atoms with Crippen LogP contribution in [0.3, 0.4) is 0 Å². The summed E-state index contributed by atoms with van der Waals surface area (Å²) < 4.78 is 17.1. The summed E-state index contributed by atoms with van der Waals surface area (Å²) in [7, 11) is 0. The normalized spacial score (nSPS) is 24.0. The van der Waals surface area contributed by atoms with E-state index in [0.29, 0.717) is 0 Å². The van der Waals surface area contributed by atoms with Gasteiger partial charge < -0.3 is 54.7 Å². The molecule has 1 aromatic heterocycles. The lowest BCUT2D eigenvalue weighted by molar-refractivity contribution is -0.277. The van der Waals surface area contributed by atoms with Crippen molar-refractivity contribution in [2.24, 2.45) is 0 Å². The van der Waals surface area contributed by atoms with Crippen LogP contribution in [-0.4, -0.2) is 83.8 Å². The highest BCUT2D eigenvalue weighted by molar-refractivity contribution is 5.91. The Kier molecular flexibility index (Phi) is 7.57. The molecule has 38 heavy (non-hydrogen) atoms. The zero-order valence-electron chi connectivity index (χ0n) is 20.6. The van der Waals surface area contributed by atoms with Crippen molar-refractivity contribution >= 4 is 11.0 Å². The molecule has 8 N–H and O–H groups in total. The maximum absolute atomic E-state index is 13.1. The molecule has 0 saturated carbocycles. The van der Waals surface area contributed by atoms with Crippen molar-refractivity contribution < 1.29 is 54.7 Å². The predicted molar refractivity (Wildman–Crippen MR) is 132 cm³/mol. The van der Waals surface area contributed by atoms with Gasteiger partial charge in [0.15, 0.2) is 5.76 Å². The lowest BCUT2D eigenvalue weighted by Gasteiger charge is -2.39. The first-order chi connectivity index (χ1) is 17.8. The van der Waals surface area contributed by atoms with Gasteiger partial charge in [0.05, 0.1) is 12.2 Å². The van der Waals surface area contributed by atoms with E-state index in [9.17, 15) is 45.6 Å². The summed E-state index contributed by atoms with van der Waals surface area (Å²) in [6, 6.07) is 6.50. The summed E-state index contributed by atoms with van der Waals surface area (Å²) in [5, 5.41) is 81.0. The zero-order chi connectivity index (χ0) is 27.9. The molecule has 0 spiro atoms. The van der Waals surface area contributed by atoms with Crippen LogP contribution >= 0.6 is 0 Å². The second-order valence-electron chi connectivity index (χ2n) is 9.86. The molecule has 0 radical (unpaired) electrons. The third kappa shape index (κ3) is 5.27. The Bertz CT molecular complexity index is 1360. The number of phenolic OH excluding ortho intramolecular Hbond substituents is 2. The molecule has 4 rings (SSSR count). The SMILES string of the molecule is CC(C)(O)CCc1c(O[C@H]2O[C@H](CO)[C@@H](O)[C@H](O)[C@H]2O)cc(O)c2c(=O)c(O)c(-c3ccc(O)cc3)oc12. The van der Waals surface area contributed by atoms with Gasteiger partial charge in [-0.2, -0.15) is 0 Å². The Morgan fingerprint density at radius 3 is 2.26 bits per heavy atom. The van der Waals surface area contributed by atoms with Gasteiger partial charge in [0.1, 0.15) is 52.6 Å². The van der Waals surface area contributed by atoms with E-state index in [0.717, 1.165) is 6.07 Å². The van der Waals surface area contributed by atoms with E-state index >= 15 is 0 Å². The van der Waals surface area contributed by atoms with Gasteiger partial charge in [0.25, 0.3) is 0 Å². The average Bonchev–Trinajstić information content (AvgIpc) is 2.85. The molecule has 2 heterocycles. The summed E-state index contributed by atoms with van der Waals surface area (Å²) in [4.78, 5) is 13.1. The highest BCUT2D eigenvalue weighted by Crippen LogP contribution is 2.41. The summed E-state index contributed by atoms with van der Waals surface area (Å²) >= 11 is 0. The number of aliphatic hydroxyl groups excluding tert-OH is 4. The molecule has 1 aliphatic heterocycles. The number of aryl methyl sites for hydroxylation is 1. The number of aromatic hydroxyl groups is 3. The van der Waals surface area contributed by atoms with E-state index in [1.165, 1.54) is 24.3 Å². The fourth-order valence-corrected chi connectivity index (χ4v) is 4.24. The van der Waals surface area contributed by atoms with Crippen LogP contribution in [0.15, 0.2) is 39.5 Å². The number of hydrogen-bond acceptors (Lipinski definition) is 12. The van der Waals surface area contributed by atoms with Crippen molar-refractivity contribution in [2.75, 3.05) is 6.61 Å². The Morgan fingerprint density at radius 2 is 1.66 bits per heavy atom. The third-order valence-corrected chi connectivity index (χ3v) is 6.39. The minimum atomic E-state index is -1.76. The quantitative estimate of drug-likeness (QED) is 0.208. The van der Waals surface area contributed by atoms with Crippen LogP contribution in [-0.2, 0) is 11.2 Å². The smallest absolute Gasteiger partial charge is 0.238 e. The second kappa shape index (κ2) is 10.4. The van der Waals surface area contributed by atoms with Gasteiger partial charge in [-0.25, -0.2) is 0 Å². The first-order valence-corrected chi connectivity index (χ1v) is 11.9. The zero-order valence-corrected chi connectivity index (χ0v) is 20.6. The number of phenols is 2. The largest absolute Gasteiger partial charge is 0.508 e. The van der Waals surface area contributed by atoms with Crippen molar-refractivity contribution in [1.82, 2.24) is 0 Å². The van der Waals surface area contributed by atoms with Crippen LogP contribution in [0.1, 0.15) is 25.8 Å². The Hall–Kier alpha value is -3.39. The molecular formula is C26H30O12. The van der Waals surface area contributed by atoms with E-state index in [2.05, 4.69) is 0 Å². The Labute approximate surface area is 216 Å². The van der Waals surface area contributed by atoms with Crippen molar-refractivity contribution in [2.45, 2.75) is 63.0 Å². The molecule has 3 aromatic rings. The van der Waals surface area contributed by atoms with Crippen LogP contribution in [0.25, 0.3) is 22.3 Å². The molecule has 12 heteroatoms. The van der Waals surface area contributed by atoms with Crippen LogP contribution in [0.5, 0.6) is 23.0 Å². The third-order valence-electron chi connectivity index (χ3n) is 6.39. The predicted octanol–water partition coefficient (Wildman–Crippen LogP) is 0.459. The van der Waals surface area contributed by atoms with Crippen LogP contribution < -0.4 is 10.2 Å². The topological polar surface area (TPSA) is 211 Å². The average molecular weight is 535 g/mol. The Morgan fingerprint density at radius 1 is 1.00 bits per heavy atom. The highest BCUT2D eigenvalue weighted by Gasteiger charge is 2.45. The summed E-state index contributed by atoms with van der Waals surface area (Å²) in [6.07, 6.45) is -7.83. The summed E-state index contributed by atoms with van der Waals surface area (Å²) in [6.45, 7) is 2.42. The number of ether oxygens (including phenoxy) is 2. The highest BCUT2D eigenvalue weighted by atomic mass is 16.7. The van der Waals surface area contributed by atoms with Crippen molar-refractivity contribution in [1.29, 1.82) is 0 Å². The molecule has 1 fully saturated rings. The summed E-state index contributed by atoms with van der Waals surface area (Å²) in [5.74, 6) is -1.87. The minimum absolute atomic E-state index is 0.0236. The minimum Gasteiger partial charge on any atom is -0.508 e. The fraction of sp³-hybridized carbons (Fsp3) is 0.423. The van der Waals surface area contributed by atoms with Gasteiger partial charge in [0, 0.05) is 17.2 Å². The number of rotatable bonds is 7. The maximum atomic E-state index is 13.1. The molecular weight excluding hydrogens is 504 g/mol. The van der Waals surface area contributed by atoms with Crippen molar-refractivity contribution in [3.8, 4) is 34.3 Å². The maximum Gasteiger partial charge on any atom is 0.238 e. The lowest BCUT2D eigenvalue weighted by atomic mass is 9.96. The Balaban J connectivity index is 1.90. The van der Waals surface area contributed by atoms with Crippen LogP contribution in [0.4, 0.5) is 0 Å².